The minimum Gasteiger partial charge on any atom is -0.494 e. The molecule has 0 spiro atoms. The number of hydrogen-bond donors (Lipinski definition) is 1. The molecule has 3 saturated heterocycles. The summed E-state index contributed by atoms with van der Waals surface area (Å²) >= 11 is 1.78. The van der Waals surface area contributed by atoms with Crippen molar-refractivity contribution in [3.8, 4) is 5.75 Å². The number of nitrogens with one attached hydrogen (secondary N) is 1. The van der Waals surface area contributed by atoms with E-state index >= 15 is 0 Å². The van der Waals surface area contributed by atoms with E-state index in [1.54, 1.807) is 30.0 Å². The van der Waals surface area contributed by atoms with E-state index in [1.165, 1.54) is 7.11 Å². The van der Waals surface area contributed by atoms with Crippen molar-refractivity contribution in [1.82, 2.24) is 20.1 Å². The molecule has 3 aliphatic rings. The van der Waals surface area contributed by atoms with Crippen molar-refractivity contribution in [2.75, 3.05) is 62.9 Å². The minimum atomic E-state index is -4.55. The molecule has 3 fully saturated rings. The number of rotatable bonds is 4. The summed E-state index contributed by atoms with van der Waals surface area (Å²) in [5.41, 5.74) is -0.165. The maximum atomic E-state index is 13.6. The third kappa shape index (κ3) is 4.52. The molecule has 2 atom stereocenters. The number of piperazine rings is 1. The highest BCUT2D eigenvalue weighted by Gasteiger charge is 2.38. The van der Waals surface area contributed by atoms with Gasteiger partial charge >= 0.3 is 6.18 Å². The number of methoxy groups -OCH3 is 1. The number of anilines is 1. The maximum absolute atomic E-state index is 13.6. The molecule has 11 heteroatoms. The van der Waals surface area contributed by atoms with Crippen LogP contribution in [0.3, 0.4) is 0 Å². The lowest BCUT2D eigenvalue weighted by Crippen LogP contribution is -2.51. The first-order valence-electron chi connectivity index (χ1n) is 11.5. The molecule has 0 bridgehead atoms. The minimum absolute atomic E-state index is 0.146. The topological polar surface area (TPSA) is 60.9 Å². The summed E-state index contributed by atoms with van der Waals surface area (Å²) in [7, 11) is 1.44. The fourth-order valence-electron chi connectivity index (χ4n) is 5.10. The largest absolute Gasteiger partial charge is 0.494 e. The second-order valence-electron chi connectivity index (χ2n) is 8.89. The lowest BCUT2D eigenvalue weighted by Gasteiger charge is -2.39. The standard InChI is InChI=1S/C23H28F3N5O2S/c1-33-19-4-2-3-16-18(12-20(23(24,25)26)28-21(16)19)30-7-5-29(6-8-30)15-11-17(27-13-15)22(32)31-9-10-34-14-31/h2-4,12,15,17,27H,5-11,13-14H2,1H3/t15-,17-/m0/s1. The van der Waals surface area contributed by atoms with Crippen LogP contribution in [0, 0.1) is 0 Å². The van der Waals surface area contributed by atoms with E-state index in [2.05, 4.69) is 15.2 Å². The number of thioether (sulfide) groups is 1. The molecule has 0 saturated carbocycles. The molecule has 2 aromatic rings. The van der Waals surface area contributed by atoms with Crippen LogP contribution in [0.15, 0.2) is 24.3 Å². The molecular formula is C23H28F3N5O2S. The fourth-order valence-corrected chi connectivity index (χ4v) is 6.05. The molecular weight excluding hydrogens is 467 g/mol. The number of carbonyl (C=O) groups excluding carboxylic acids is 1. The van der Waals surface area contributed by atoms with Crippen LogP contribution in [0.1, 0.15) is 12.1 Å². The number of alkyl halides is 3. The molecule has 1 aromatic carbocycles. The Kier molecular flexibility index (Phi) is 6.51. The van der Waals surface area contributed by atoms with Crippen molar-refractivity contribution >= 4 is 34.3 Å². The van der Waals surface area contributed by atoms with E-state index < -0.39 is 11.9 Å². The van der Waals surface area contributed by atoms with Crippen molar-refractivity contribution in [2.24, 2.45) is 0 Å². The second kappa shape index (κ2) is 9.43. The normalized spacial score (nSPS) is 24.2. The predicted molar refractivity (Wildman–Crippen MR) is 126 cm³/mol. The molecule has 1 amide bonds. The SMILES string of the molecule is COc1cccc2c(N3CCN([C@@H]4CN[C@H](C(=O)N5CCSC5)C4)CC3)cc(C(F)(F)F)nc12. The molecule has 3 aliphatic heterocycles. The van der Waals surface area contributed by atoms with Crippen LogP contribution in [0.4, 0.5) is 18.9 Å². The van der Waals surface area contributed by atoms with Gasteiger partial charge in [0.25, 0.3) is 0 Å². The summed E-state index contributed by atoms with van der Waals surface area (Å²) in [4.78, 5) is 22.9. The molecule has 34 heavy (non-hydrogen) atoms. The van der Waals surface area contributed by atoms with Crippen LogP contribution in [0.25, 0.3) is 10.9 Å². The highest BCUT2D eigenvalue weighted by Crippen LogP contribution is 2.38. The van der Waals surface area contributed by atoms with Crippen molar-refractivity contribution in [2.45, 2.75) is 24.7 Å². The first-order valence-corrected chi connectivity index (χ1v) is 12.6. The predicted octanol–water partition coefficient (Wildman–Crippen LogP) is 2.65. The molecule has 5 rings (SSSR count). The monoisotopic (exact) mass is 495 g/mol. The number of para-hydroxylation sites is 1. The van der Waals surface area contributed by atoms with E-state index in [4.69, 9.17) is 4.74 Å². The lowest BCUT2D eigenvalue weighted by molar-refractivity contribution is -0.141. The number of halogens is 3. The number of pyridine rings is 1. The van der Waals surface area contributed by atoms with Crippen LogP contribution in [0.5, 0.6) is 5.75 Å². The van der Waals surface area contributed by atoms with Gasteiger partial charge in [-0.2, -0.15) is 13.2 Å². The van der Waals surface area contributed by atoms with Crippen LogP contribution in [-0.4, -0.2) is 90.8 Å². The molecule has 1 aromatic heterocycles. The van der Waals surface area contributed by atoms with Gasteiger partial charge in [-0.25, -0.2) is 4.98 Å². The van der Waals surface area contributed by atoms with Gasteiger partial charge in [-0.15, -0.1) is 11.8 Å². The van der Waals surface area contributed by atoms with E-state index in [0.29, 0.717) is 29.9 Å². The van der Waals surface area contributed by atoms with Gasteiger partial charge in [0.1, 0.15) is 17.0 Å². The quantitative estimate of drug-likeness (QED) is 0.700. The van der Waals surface area contributed by atoms with Gasteiger partial charge in [-0.3, -0.25) is 9.69 Å². The molecule has 0 unspecified atom stereocenters. The number of hydrogen-bond acceptors (Lipinski definition) is 7. The Bertz CT molecular complexity index is 1050. The van der Waals surface area contributed by atoms with Gasteiger partial charge < -0.3 is 19.9 Å². The van der Waals surface area contributed by atoms with Crippen molar-refractivity contribution < 1.29 is 22.7 Å². The van der Waals surface area contributed by atoms with Gasteiger partial charge in [-0.05, 0) is 18.6 Å². The average Bonchev–Trinajstić information content (AvgIpc) is 3.55. The van der Waals surface area contributed by atoms with Crippen LogP contribution in [-0.2, 0) is 11.0 Å². The number of fused-ring (bicyclic) bond motifs is 1. The van der Waals surface area contributed by atoms with Gasteiger partial charge in [0.2, 0.25) is 5.91 Å². The Morgan fingerprint density at radius 2 is 2.00 bits per heavy atom. The Balaban J connectivity index is 1.30. The molecule has 4 heterocycles. The first kappa shape index (κ1) is 23.5. The summed E-state index contributed by atoms with van der Waals surface area (Å²) < 4.78 is 46.1. The van der Waals surface area contributed by atoms with Gasteiger partial charge in [-0.1, -0.05) is 12.1 Å². The van der Waals surface area contributed by atoms with E-state index in [-0.39, 0.29) is 23.5 Å². The van der Waals surface area contributed by atoms with Crippen LogP contribution < -0.4 is 15.0 Å². The number of amides is 1. The highest BCUT2D eigenvalue weighted by molar-refractivity contribution is 7.99. The zero-order chi connectivity index (χ0) is 23.9. The summed E-state index contributed by atoms with van der Waals surface area (Å²) in [6.07, 6.45) is -3.77. The van der Waals surface area contributed by atoms with E-state index in [1.807, 2.05) is 9.80 Å². The number of benzene rings is 1. The lowest BCUT2D eigenvalue weighted by atomic mass is 10.1. The first-order chi connectivity index (χ1) is 16.3. The van der Waals surface area contributed by atoms with Gasteiger partial charge in [0.15, 0.2) is 0 Å². The summed E-state index contributed by atoms with van der Waals surface area (Å²) in [5.74, 6) is 2.27. The van der Waals surface area contributed by atoms with Crippen LogP contribution >= 0.6 is 11.8 Å². The number of carbonyl (C=O) groups is 1. The van der Waals surface area contributed by atoms with E-state index in [9.17, 15) is 18.0 Å². The van der Waals surface area contributed by atoms with Crippen molar-refractivity contribution in [3.05, 3.63) is 30.0 Å². The number of ether oxygens (including phenoxy) is 1. The summed E-state index contributed by atoms with van der Waals surface area (Å²) in [6.45, 7) is 4.22. The van der Waals surface area contributed by atoms with Gasteiger partial charge in [0.05, 0.1) is 19.0 Å². The number of nitrogens with zero attached hydrogens (tertiary/aromatic N) is 4. The summed E-state index contributed by atoms with van der Waals surface area (Å²) in [5, 5.41) is 4.03. The third-order valence-corrected chi connectivity index (χ3v) is 7.90. The molecule has 0 aliphatic carbocycles. The van der Waals surface area contributed by atoms with Crippen LogP contribution in [0.2, 0.25) is 0 Å². The Hall–Kier alpha value is -2.24. The Morgan fingerprint density at radius 3 is 2.68 bits per heavy atom. The molecule has 7 nitrogen and oxygen atoms in total. The van der Waals surface area contributed by atoms with E-state index in [0.717, 1.165) is 50.3 Å². The maximum Gasteiger partial charge on any atom is 0.433 e. The third-order valence-electron chi connectivity index (χ3n) is 6.93. The zero-order valence-corrected chi connectivity index (χ0v) is 19.8. The zero-order valence-electron chi connectivity index (χ0n) is 19.0. The van der Waals surface area contributed by atoms with Gasteiger partial charge in [0, 0.05) is 62.1 Å². The molecule has 1 N–H and O–H groups in total. The Labute approximate surface area is 200 Å². The molecule has 0 radical (unpaired) electrons. The average molecular weight is 496 g/mol. The highest BCUT2D eigenvalue weighted by atomic mass is 32.2. The smallest absolute Gasteiger partial charge is 0.433 e. The molecule has 184 valence electrons. The Morgan fingerprint density at radius 1 is 1.21 bits per heavy atom. The summed E-state index contributed by atoms with van der Waals surface area (Å²) in [6, 6.07) is 6.45. The fraction of sp³-hybridized carbons (Fsp3) is 0.565. The second-order valence-corrected chi connectivity index (χ2v) is 9.97. The van der Waals surface area contributed by atoms with Crippen molar-refractivity contribution in [3.63, 3.8) is 0 Å². The number of aromatic nitrogens is 1. The van der Waals surface area contributed by atoms with Crippen molar-refractivity contribution in [1.29, 1.82) is 0 Å².